The van der Waals surface area contributed by atoms with E-state index in [2.05, 4.69) is 15.2 Å². The number of rotatable bonds is 4. The van der Waals surface area contributed by atoms with Crippen LogP contribution in [0.2, 0.25) is 5.02 Å². The Morgan fingerprint density at radius 2 is 1.89 bits per heavy atom. The Balaban J connectivity index is 1.56. The third-order valence-corrected chi connectivity index (χ3v) is 5.67. The van der Waals surface area contributed by atoms with Crippen LogP contribution in [0, 0.1) is 0 Å². The molecule has 3 rings (SSSR count). The predicted molar refractivity (Wildman–Crippen MR) is 97.9 cm³/mol. The number of piperazine rings is 1. The molecule has 0 aromatic carbocycles. The van der Waals surface area contributed by atoms with Crippen LogP contribution in [0.1, 0.15) is 38.2 Å². The zero-order valence-corrected chi connectivity index (χ0v) is 16.0. The first kappa shape index (κ1) is 20.2. The summed E-state index contributed by atoms with van der Waals surface area (Å²) in [6.45, 7) is 4.25. The molecule has 1 aromatic rings. The van der Waals surface area contributed by atoms with Gasteiger partial charge in [-0.15, -0.1) is 0 Å². The SMILES string of the molecule is CC(C(=O)NC1CCCC1)N1CCN(c2ncc(C(F)(F)F)cc2Cl)CC1. The van der Waals surface area contributed by atoms with Crippen molar-refractivity contribution in [3.63, 3.8) is 0 Å². The Morgan fingerprint density at radius 3 is 2.44 bits per heavy atom. The topological polar surface area (TPSA) is 48.5 Å². The third-order valence-electron chi connectivity index (χ3n) is 5.39. The van der Waals surface area contributed by atoms with Crippen molar-refractivity contribution in [1.29, 1.82) is 0 Å². The summed E-state index contributed by atoms with van der Waals surface area (Å²) in [6, 6.07) is 0.966. The first-order valence-corrected chi connectivity index (χ1v) is 9.65. The van der Waals surface area contributed by atoms with Gasteiger partial charge in [0.05, 0.1) is 16.6 Å². The van der Waals surface area contributed by atoms with Crippen LogP contribution in [0.4, 0.5) is 19.0 Å². The summed E-state index contributed by atoms with van der Waals surface area (Å²) in [6.07, 6.45) is 0.772. The Labute approximate surface area is 161 Å². The number of nitrogens with zero attached hydrogens (tertiary/aromatic N) is 3. The highest BCUT2D eigenvalue weighted by molar-refractivity contribution is 6.33. The fourth-order valence-electron chi connectivity index (χ4n) is 3.70. The van der Waals surface area contributed by atoms with E-state index in [-0.39, 0.29) is 23.0 Å². The van der Waals surface area contributed by atoms with Crippen molar-refractivity contribution in [2.45, 2.75) is 50.9 Å². The van der Waals surface area contributed by atoms with Gasteiger partial charge in [-0.05, 0) is 25.8 Å². The molecule has 5 nitrogen and oxygen atoms in total. The van der Waals surface area contributed by atoms with Crippen molar-refractivity contribution in [3.05, 3.63) is 22.8 Å². The van der Waals surface area contributed by atoms with Gasteiger partial charge in [0.1, 0.15) is 5.82 Å². The molecule has 1 aliphatic heterocycles. The summed E-state index contributed by atoms with van der Waals surface area (Å²) in [5.41, 5.74) is -0.855. The van der Waals surface area contributed by atoms with Crippen molar-refractivity contribution < 1.29 is 18.0 Å². The fraction of sp³-hybridized carbons (Fsp3) is 0.667. The molecule has 1 amide bonds. The lowest BCUT2D eigenvalue weighted by atomic mass is 10.2. The molecule has 9 heteroatoms. The molecule has 1 aromatic heterocycles. The Hall–Kier alpha value is -1.54. The van der Waals surface area contributed by atoms with Gasteiger partial charge in [-0.25, -0.2) is 4.98 Å². The van der Waals surface area contributed by atoms with Crippen LogP contribution in [0.15, 0.2) is 12.3 Å². The minimum absolute atomic E-state index is 0.00898. The molecular weight excluding hydrogens is 381 g/mol. The number of halogens is 4. The zero-order valence-electron chi connectivity index (χ0n) is 15.2. The Bertz CT molecular complexity index is 671. The van der Waals surface area contributed by atoms with Crippen LogP contribution >= 0.6 is 11.6 Å². The van der Waals surface area contributed by atoms with E-state index in [4.69, 9.17) is 11.6 Å². The molecular formula is C18H24ClF3N4O. The normalized spacial score (nSPS) is 20.7. The molecule has 2 fully saturated rings. The van der Waals surface area contributed by atoms with Gasteiger partial charge in [0.25, 0.3) is 0 Å². The maximum absolute atomic E-state index is 12.7. The number of anilines is 1. The number of hydrogen-bond acceptors (Lipinski definition) is 4. The van der Waals surface area contributed by atoms with Crippen LogP contribution < -0.4 is 10.2 Å². The van der Waals surface area contributed by atoms with E-state index in [1.807, 2.05) is 11.8 Å². The van der Waals surface area contributed by atoms with Gasteiger partial charge in [0, 0.05) is 38.4 Å². The van der Waals surface area contributed by atoms with Crippen LogP contribution in [0.3, 0.4) is 0 Å². The first-order valence-electron chi connectivity index (χ1n) is 9.28. The van der Waals surface area contributed by atoms with Crippen molar-refractivity contribution in [1.82, 2.24) is 15.2 Å². The lowest BCUT2D eigenvalue weighted by molar-refractivity contribution is -0.137. The van der Waals surface area contributed by atoms with E-state index < -0.39 is 11.7 Å². The number of carbonyl (C=O) groups excluding carboxylic acids is 1. The largest absolute Gasteiger partial charge is 0.417 e. The van der Waals surface area contributed by atoms with E-state index >= 15 is 0 Å². The van der Waals surface area contributed by atoms with Gasteiger partial charge in [0.15, 0.2) is 0 Å². The molecule has 27 heavy (non-hydrogen) atoms. The van der Waals surface area contributed by atoms with E-state index in [0.29, 0.717) is 32.0 Å². The zero-order chi connectivity index (χ0) is 19.6. The van der Waals surface area contributed by atoms with Crippen LogP contribution in [-0.2, 0) is 11.0 Å². The van der Waals surface area contributed by atoms with Crippen LogP contribution in [-0.4, -0.2) is 54.1 Å². The molecule has 1 aliphatic carbocycles. The summed E-state index contributed by atoms with van der Waals surface area (Å²) in [5, 5.41) is 3.11. The van der Waals surface area contributed by atoms with Gasteiger partial charge in [-0.3, -0.25) is 9.69 Å². The van der Waals surface area contributed by atoms with E-state index in [9.17, 15) is 18.0 Å². The van der Waals surface area contributed by atoms with Crippen molar-refractivity contribution in [2.75, 3.05) is 31.1 Å². The van der Waals surface area contributed by atoms with Crippen LogP contribution in [0.25, 0.3) is 0 Å². The lowest BCUT2D eigenvalue weighted by Crippen LogP contribution is -2.55. The second-order valence-corrected chi connectivity index (χ2v) is 7.62. The van der Waals surface area contributed by atoms with Gasteiger partial charge < -0.3 is 10.2 Å². The molecule has 0 bridgehead atoms. The molecule has 150 valence electrons. The number of nitrogens with one attached hydrogen (secondary N) is 1. The molecule has 1 unspecified atom stereocenters. The fourth-order valence-corrected chi connectivity index (χ4v) is 3.98. The molecule has 1 atom stereocenters. The van der Waals surface area contributed by atoms with Gasteiger partial charge in [-0.2, -0.15) is 13.2 Å². The van der Waals surface area contributed by atoms with Crippen molar-refractivity contribution in [3.8, 4) is 0 Å². The molecule has 1 N–H and O–H groups in total. The van der Waals surface area contributed by atoms with Gasteiger partial charge in [-0.1, -0.05) is 24.4 Å². The maximum Gasteiger partial charge on any atom is 0.417 e. The number of pyridine rings is 1. The first-order chi connectivity index (χ1) is 12.8. The van der Waals surface area contributed by atoms with Crippen LogP contribution in [0.5, 0.6) is 0 Å². The highest BCUT2D eigenvalue weighted by atomic mass is 35.5. The standard InChI is InChI=1S/C18H24ClF3N4O/c1-12(17(27)24-14-4-2-3-5-14)25-6-8-26(9-7-25)16-15(19)10-13(11-23-16)18(20,21)22/h10-12,14H,2-9H2,1H3,(H,24,27). The Morgan fingerprint density at radius 1 is 1.26 bits per heavy atom. The lowest BCUT2D eigenvalue weighted by Gasteiger charge is -2.38. The van der Waals surface area contributed by atoms with Crippen molar-refractivity contribution in [2.24, 2.45) is 0 Å². The summed E-state index contributed by atoms with van der Waals surface area (Å²) in [5.74, 6) is 0.397. The highest BCUT2D eigenvalue weighted by Gasteiger charge is 2.33. The number of aromatic nitrogens is 1. The molecule has 0 spiro atoms. The minimum Gasteiger partial charge on any atom is -0.353 e. The Kier molecular flexibility index (Phi) is 6.15. The molecule has 2 heterocycles. The molecule has 1 saturated heterocycles. The summed E-state index contributed by atoms with van der Waals surface area (Å²) >= 11 is 6.03. The minimum atomic E-state index is -4.46. The van der Waals surface area contributed by atoms with Crippen molar-refractivity contribution >= 4 is 23.3 Å². The average molecular weight is 405 g/mol. The predicted octanol–water partition coefficient (Wildman–Crippen LogP) is 3.32. The molecule has 2 aliphatic rings. The van der Waals surface area contributed by atoms with Gasteiger partial charge >= 0.3 is 6.18 Å². The maximum atomic E-state index is 12.7. The summed E-state index contributed by atoms with van der Waals surface area (Å²) in [4.78, 5) is 20.3. The molecule has 1 saturated carbocycles. The highest BCUT2D eigenvalue weighted by Crippen LogP contribution is 2.33. The van der Waals surface area contributed by atoms with E-state index in [1.54, 1.807) is 0 Å². The monoisotopic (exact) mass is 404 g/mol. The van der Waals surface area contributed by atoms with E-state index in [1.165, 1.54) is 12.8 Å². The summed E-state index contributed by atoms with van der Waals surface area (Å²) < 4.78 is 38.2. The molecule has 0 radical (unpaired) electrons. The summed E-state index contributed by atoms with van der Waals surface area (Å²) in [7, 11) is 0. The number of hydrogen-bond donors (Lipinski definition) is 1. The second-order valence-electron chi connectivity index (χ2n) is 7.22. The average Bonchev–Trinajstić information content (AvgIpc) is 3.13. The number of amides is 1. The number of alkyl halides is 3. The third kappa shape index (κ3) is 4.85. The van der Waals surface area contributed by atoms with Gasteiger partial charge in [0.2, 0.25) is 5.91 Å². The quantitative estimate of drug-likeness (QED) is 0.836. The smallest absolute Gasteiger partial charge is 0.353 e. The second kappa shape index (κ2) is 8.22. The number of carbonyl (C=O) groups is 1. The van der Waals surface area contributed by atoms with E-state index in [0.717, 1.165) is 25.1 Å².